The molecule has 0 aliphatic heterocycles. The maximum atomic E-state index is 12.5. The monoisotopic (exact) mass is 418 g/mol. The van der Waals surface area contributed by atoms with Crippen LogP contribution < -0.4 is 4.74 Å². The Morgan fingerprint density at radius 1 is 0.812 bits per heavy atom. The highest BCUT2D eigenvalue weighted by molar-refractivity contribution is 5.92. The van der Waals surface area contributed by atoms with Crippen LogP contribution in [0.1, 0.15) is 21.5 Å². The molecule has 1 aromatic heterocycles. The third kappa shape index (κ3) is 3.91. The highest BCUT2D eigenvalue weighted by atomic mass is 16.5. The van der Waals surface area contributed by atoms with Crippen LogP contribution in [0.2, 0.25) is 0 Å². The molecule has 0 radical (unpaired) electrons. The fourth-order valence-corrected chi connectivity index (χ4v) is 3.86. The molecule has 0 aliphatic carbocycles. The molecule has 5 rings (SSSR count). The largest absolute Gasteiger partial charge is 0.423 e. The van der Waals surface area contributed by atoms with Gasteiger partial charge in [0.05, 0.1) is 16.6 Å². The van der Waals surface area contributed by atoms with Crippen molar-refractivity contribution in [3.63, 3.8) is 0 Å². The first-order valence-electron chi connectivity index (χ1n) is 10.6. The zero-order chi connectivity index (χ0) is 21.9. The average molecular weight is 418 g/mol. The second-order valence-electron chi connectivity index (χ2n) is 7.72. The molecule has 4 aromatic carbocycles. The number of carbonyl (C=O) groups is 1. The van der Waals surface area contributed by atoms with Gasteiger partial charge in [-0.1, -0.05) is 60.7 Å². The fourth-order valence-electron chi connectivity index (χ4n) is 3.86. The number of rotatable bonds is 5. The Morgan fingerprint density at radius 2 is 1.50 bits per heavy atom. The molecule has 0 saturated heterocycles. The van der Waals surface area contributed by atoms with Crippen LogP contribution in [0.25, 0.3) is 22.4 Å². The van der Waals surface area contributed by atoms with E-state index in [0.717, 1.165) is 34.5 Å². The SMILES string of the molecule is Cc1ccccc1C(=O)Oc1ccc(-c2nc3ccccc3n2Cc2ccccc2)cc1. The van der Waals surface area contributed by atoms with Crippen molar-refractivity contribution in [2.75, 3.05) is 0 Å². The van der Waals surface area contributed by atoms with E-state index in [9.17, 15) is 4.79 Å². The van der Waals surface area contributed by atoms with E-state index in [2.05, 4.69) is 22.8 Å². The molecule has 0 N–H and O–H groups in total. The summed E-state index contributed by atoms with van der Waals surface area (Å²) in [5, 5.41) is 0. The van der Waals surface area contributed by atoms with Crippen LogP contribution in [0.4, 0.5) is 0 Å². The minimum atomic E-state index is -0.354. The number of benzene rings is 4. The van der Waals surface area contributed by atoms with Crippen molar-refractivity contribution in [3.05, 3.63) is 120 Å². The van der Waals surface area contributed by atoms with Gasteiger partial charge in [-0.3, -0.25) is 0 Å². The number of esters is 1. The van der Waals surface area contributed by atoms with E-state index in [1.807, 2.05) is 85.8 Å². The minimum absolute atomic E-state index is 0.354. The number of nitrogens with zero attached hydrogens (tertiary/aromatic N) is 2. The van der Waals surface area contributed by atoms with Gasteiger partial charge in [-0.05, 0) is 60.5 Å². The van der Waals surface area contributed by atoms with Crippen LogP contribution in [0.3, 0.4) is 0 Å². The molecule has 0 saturated carbocycles. The topological polar surface area (TPSA) is 44.1 Å². The Morgan fingerprint density at radius 3 is 2.28 bits per heavy atom. The average Bonchev–Trinajstić information content (AvgIpc) is 3.19. The van der Waals surface area contributed by atoms with Crippen molar-refractivity contribution in [3.8, 4) is 17.1 Å². The summed E-state index contributed by atoms with van der Waals surface area (Å²) in [5.74, 6) is 1.03. The molecule has 0 unspecified atom stereocenters. The van der Waals surface area contributed by atoms with E-state index in [1.165, 1.54) is 5.56 Å². The van der Waals surface area contributed by atoms with Crippen LogP contribution in [0.15, 0.2) is 103 Å². The van der Waals surface area contributed by atoms with Gasteiger partial charge in [-0.15, -0.1) is 0 Å². The van der Waals surface area contributed by atoms with Crippen molar-refractivity contribution >= 4 is 17.0 Å². The number of hydrogen-bond acceptors (Lipinski definition) is 3. The smallest absolute Gasteiger partial charge is 0.343 e. The van der Waals surface area contributed by atoms with Crippen LogP contribution in [0, 0.1) is 6.92 Å². The Balaban J connectivity index is 1.46. The molecule has 0 aliphatic rings. The predicted octanol–water partition coefficient (Wildman–Crippen LogP) is 6.28. The second kappa shape index (κ2) is 8.52. The second-order valence-corrected chi connectivity index (χ2v) is 7.72. The van der Waals surface area contributed by atoms with Gasteiger partial charge in [0.15, 0.2) is 0 Å². The summed E-state index contributed by atoms with van der Waals surface area (Å²) in [4.78, 5) is 17.4. The third-order valence-electron chi connectivity index (χ3n) is 5.53. The number of ether oxygens (including phenoxy) is 1. The normalized spacial score (nSPS) is 10.9. The summed E-state index contributed by atoms with van der Waals surface area (Å²) in [7, 11) is 0. The Bertz CT molecular complexity index is 1390. The van der Waals surface area contributed by atoms with Gasteiger partial charge in [0.1, 0.15) is 11.6 Å². The number of imidazole rings is 1. The summed E-state index contributed by atoms with van der Waals surface area (Å²) in [6.07, 6.45) is 0. The minimum Gasteiger partial charge on any atom is -0.423 e. The van der Waals surface area contributed by atoms with Gasteiger partial charge in [-0.25, -0.2) is 9.78 Å². The number of fused-ring (bicyclic) bond motifs is 1. The zero-order valence-electron chi connectivity index (χ0n) is 17.7. The number of carbonyl (C=O) groups excluding carboxylic acids is 1. The third-order valence-corrected chi connectivity index (χ3v) is 5.53. The number of para-hydroxylation sites is 2. The summed E-state index contributed by atoms with van der Waals surface area (Å²) >= 11 is 0. The Labute approximate surface area is 186 Å². The van der Waals surface area contributed by atoms with Gasteiger partial charge in [-0.2, -0.15) is 0 Å². The molecule has 156 valence electrons. The van der Waals surface area contributed by atoms with Crippen LogP contribution in [-0.2, 0) is 6.54 Å². The first kappa shape index (κ1) is 19.8. The molecule has 5 aromatic rings. The molecule has 4 nitrogen and oxygen atoms in total. The van der Waals surface area contributed by atoms with Gasteiger partial charge in [0, 0.05) is 12.1 Å². The molecule has 4 heteroatoms. The number of aromatic nitrogens is 2. The molecular formula is C28H22N2O2. The highest BCUT2D eigenvalue weighted by Gasteiger charge is 2.14. The fraction of sp³-hybridized carbons (Fsp3) is 0.0714. The maximum Gasteiger partial charge on any atom is 0.343 e. The lowest BCUT2D eigenvalue weighted by Crippen LogP contribution is -2.10. The molecule has 1 heterocycles. The Hall–Kier alpha value is -4.18. The van der Waals surface area contributed by atoms with Crippen molar-refractivity contribution in [2.45, 2.75) is 13.5 Å². The number of aryl methyl sites for hydroxylation is 1. The first-order chi connectivity index (χ1) is 15.7. The van der Waals surface area contributed by atoms with Crippen molar-refractivity contribution in [1.29, 1.82) is 0 Å². The Kier molecular flexibility index (Phi) is 5.26. The van der Waals surface area contributed by atoms with E-state index >= 15 is 0 Å². The van der Waals surface area contributed by atoms with Gasteiger partial charge < -0.3 is 9.30 Å². The molecule has 0 bridgehead atoms. The van der Waals surface area contributed by atoms with E-state index in [0.29, 0.717) is 11.3 Å². The standard InChI is InChI=1S/C28H22N2O2/c1-20-9-5-6-12-24(20)28(31)32-23-17-15-22(16-18-23)27-29-25-13-7-8-14-26(25)30(27)19-21-10-3-2-4-11-21/h2-18H,19H2,1H3. The van der Waals surface area contributed by atoms with Crippen LogP contribution in [0.5, 0.6) is 5.75 Å². The van der Waals surface area contributed by atoms with Crippen LogP contribution >= 0.6 is 0 Å². The summed E-state index contributed by atoms with van der Waals surface area (Å²) in [6, 6.07) is 33.4. The van der Waals surface area contributed by atoms with Crippen molar-refractivity contribution in [1.82, 2.24) is 9.55 Å². The lowest BCUT2D eigenvalue weighted by molar-refractivity contribution is 0.0734. The first-order valence-corrected chi connectivity index (χ1v) is 10.6. The highest BCUT2D eigenvalue weighted by Crippen LogP contribution is 2.27. The van der Waals surface area contributed by atoms with Crippen molar-refractivity contribution in [2.24, 2.45) is 0 Å². The predicted molar refractivity (Wildman–Crippen MR) is 127 cm³/mol. The number of hydrogen-bond donors (Lipinski definition) is 0. The lowest BCUT2D eigenvalue weighted by atomic mass is 10.1. The molecule has 32 heavy (non-hydrogen) atoms. The molecular weight excluding hydrogens is 396 g/mol. The van der Waals surface area contributed by atoms with E-state index in [1.54, 1.807) is 6.07 Å². The van der Waals surface area contributed by atoms with E-state index in [-0.39, 0.29) is 5.97 Å². The quantitative estimate of drug-likeness (QED) is 0.249. The molecule has 0 atom stereocenters. The molecule has 0 fully saturated rings. The lowest BCUT2D eigenvalue weighted by Gasteiger charge is -2.11. The zero-order valence-corrected chi connectivity index (χ0v) is 17.7. The van der Waals surface area contributed by atoms with Gasteiger partial charge >= 0.3 is 5.97 Å². The summed E-state index contributed by atoms with van der Waals surface area (Å²) < 4.78 is 7.81. The van der Waals surface area contributed by atoms with Crippen molar-refractivity contribution < 1.29 is 9.53 Å². The van der Waals surface area contributed by atoms with Gasteiger partial charge in [0.2, 0.25) is 0 Å². The van der Waals surface area contributed by atoms with Crippen LogP contribution in [-0.4, -0.2) is 15.5 Å². The molecule has 0 spiro atoms. The van der Waals surface area contributed by atoms with Gasteiger partial charge in [0.25, 0.3) is 0 Å². The summed E-state index contributed by atoms with van der Waals surface area (Å²) in [6.45, 7) is 2.62. The van der Waals surface area contributed by atoms with E-state index < -0.39 is 0 Å². The molecule has 0 amide bonds. The summed E-state index contributed by atoms with van der Waals surface area (Å²) in [5.41, 5.74) is 5.67. The van der Waals surface area contributed by atoms with E-state index in [4.69, 9.17) is 9.72 Å². The maximum absolute atomic E-state index is 12.5.